The predicted molar refractivity (Wildman–Crippen MR) is 67.7 cm³/mol. The van der Waals surface area contributed by atoms with Gasteiger partial charge in [-0.1, -0.05) is 13.8 Å². The quantitative estimate of drug-likeness (QED) is 0.815. The Kier molecular flexibility index (Phi) is 4.21. The van der Waals surface area contributed by atoms with E-state index in [2.05, 4.69) is 18.7 Å². The molecule has 3 atom stereocenters. The summed E-state index contributed by atoms with van der Waals surface area (Å²) in [6.45, 7) is 7.11. The minimum Gasteiger partial charge on any atom is -0.392 e. The van der Waals surface area contributed by atoms with Crippen molar-refractivity contribution in [2.45, 2.75) is 45.6 Å². The Morgan fingerprint density at radius 1 is 1.41 bits per heavy atom. The highest BCUT2D eigenvalue weighted by Gasteiger charge is 2.32. The van der Waals surface area contributed by atoms with Crippen LogP contribution in [0.3, 0.4) is 0 Å². The fourth-order valence-electron chi connectivity index (χ4n) is 3.22. The number of aliphatic hydroxyl groups excluding tert-OH is 1. The number of nitrogens with zero attached hydrogens (tertiary/aromatic N) is 1. The van der Waals surface area contributed by atoms with Gasteiger partial charge in [-0.05, 0) is 31.1 Å². The summed E-state index contributed by atoms with van der Waals surface area (Å²) in [5.74, 6) is 2.07. The number of β-amino-alcohol motifs (C(OH)–C–C–N with tert-alkyl or cyclic N) is 1. The molecule has 3 unspecified atom stereocenters. The summed E-state index contributed by atoms with van der Waals surface area (Å²) in [5.41, 5.74) is 0. The highest BCUT2D eigenvalue weighted by atomic mass is 16.3. The second-order valence-electron chi connectivity index (χ2n) is 6.14. The lowest BCUT2D eigenvalue weighted by Gasteiger charge is -2.32. The Balaban J connectivity index is 1.87. The molecule has 0 spiro atoms. The molecule has 3 heteroatoms. The SMILES string of the molecule is CC(C)C1CCC(=O)C(CN2CCC(O)C2)C1. The normalized spacial score (nSPS) is 35.8. The number of rotatable bonds is 3. The van der Waals surface area contributed by atoms with Crippen molar-refractivity contribution in [1.82, 2.24) is 4.90 Å². The molecule has 1 saturated carbocycles. The molecule has 0 aromatic carbocycles. The van der Waals surface area contributed by atoms with Crippen LogP contribution >= 0.6 is 0 Å². The van der Waals surface area contributed by atoms with Crippen LogP contribution in [0.2, 0.25) is 0 Å². The number of hydrogen-bond acceptors (Lipinski definition) is 3. The van der Waals surface area contributed by atoms with Gasteiger partial charge in [-0.25, -0.2) is 0 Å². The third kappa shape index (κ3) is 3.29. The lowest BCUT2D eigenvalue weighted by atomic mass is 9.75. The van der Waals surface area contributed by atoms with Crippen molar-refractivity contribution in [3.63, 3.8) is 0 Å². The molecule has 2 rings (SSSR count). The number of Topliss-reactive ketones (excluding diaryl/α,β-unsaturated/α-hetero) is 1. The number of aliphatic hydroxyl groups is 1. The van der Waals surface area contributed by atoms with Gasteiger partial charge in [0.05, 0.1) is 6.10 Å². The second-order valence-corrected chi connectivity index (χ2v) is 6.14. The molecule has 0 radical (unpaired) electrons. The van der Waals surface area contributed by atoms with Gasteiger partial charge in [0, 0.05) is 32.0 Å². The number of carbonyl (C=O) groups excluding carboxylic acids is 1. The molecule has 1 aliphatic heterocycles. The van der Waals surface area contributed by atoms with E-state index in [0.717, 1.165) is 45.3 Å². The first-order valence-electron chi connectivity index (χ1n) is 6.99. The summed E-state index contributed by atoms with van der Waals surface area (Å²) in [6.07, 6.45) is 3.60. The summed E-state index contributed by atoms with van der Waals surface area (Å²) in [5, 5.41) is 9.51. The molecule has 98 valence electrons. The van der Waals surface area contributed by atoms with E-state index in [-0.39, 0.29) is 12.0 Å². The highest BCUT2D eigenvalue weighted by Crippen LogP contribution is 2.32. The van der Waals surface area contributed by atoms with Gasteiger partial charge in [0.2, 0.25) is 0 Å². The maximum Gasteiger partial charge on any atom is 0.137 e. The van der Waals surface area contributed by atoms with Crippen molar-refractivity contribution in [3.05, 3.63) is 0 Å². The van der Waals surface area contributed by atoms with Crippen LogP contribution < -0.4 is 0 Å². The van der Waals surface area contributed by atoms with Gasteiger partial charge in [0.1, 0.15) is 5.78 Å². The topological polar surface area (TPSA) is 40.5 Å². The molecule has 1 heterocycles. The lowest BCUT2D eigenvalue weighted by molar-refractivity contribution is -0.126. The van der Waals surface area contributed by atoms with E-state index in [4.69, 9.17) is 0 Å². The van der Waals surface area contributed by atoms with Gasteiger partial charge >= 0.3 is 0 Å². The van der Waals surface area contributed by atoms with E-state index < -0.39 is 0 Å². The van der Waals surface area contributed by atoms with E-state index >= 15 is 0 Å². The molecule has 17 heavy (non-hydrogen) atoms. The molecule has 0 amide bonds. The fourth-order valence-corrected chi connectivity index (χ4v) is 3.22. The Hall–Kier alpha value is -0.410. The molecule has 0 aromatic rings. The minimum absolute atomic E-state index is 0.172. The smallest absolute Gasteiger partial charge is 0.137 e. The van der Waals surface area contributed by atoms with E-state index in [1.807, 2.05) is 0 Å². The highest BCUT2D eigenvalue weighted by molar-refractivity contribution is 5.82. The van der Waals surface area contributed by atoms with E-state index in [1.54, 1.807) is 0 Å². The molecule has 1 saturated heterocycles. The number of ketones is 1. The van der Waals surface area contributed by atoms with Crippen LogP contribution in [-0.2, 0) is 4.79 Å². The van der Waals surface area contributed by atoms with Crippen molar-refractivity contribution in [3.8, 4) is 0 Å². The second kappa shape index (κ2) is 5.49. The zero-order valence-corrected chi connectivity index (χ0v) is 11.1. The van der Waals surface area contributed by atoms with E-state index in [0.29, 0.717) is 17.6 Å². The monoisotopic (exact) mass is 239 g/mol. The van der Waals surface area contributed by atoms with Crippen LogP contribution in [0.15, 0.2) is 0 Å². The number of hydrogen-bond donors (Lipinski definition) is 1. The molecule has 2 fully saturated rings. The molecule has 0 bridgehead atoms. The summed E-state index contributed by atoms with van der Waals surface area (Å²) >= 11 is 0. The molecule has 2 aliphatic rings. The van der Waals surface area contributed by atoms with E-state index in [1.165, 1.54) is 0 Å². The third-order valence-corrected chi connectivity index (χ3v) is 4.47. The number of carbonyl (C=O) groups is 1. The molecule has 0 aromatic heterocycles. The van der Waals surface area contributed by atoms with Crippen LogP contribution in [0.5, 0.6) is 0 Å². The van der Waals surface area contributed by atoms with Gasteiger partial charge < -0.3 is 5.11 Å². The third-order valence-electron chi connectivity index (χ3n) is 4.47. The summed E-state index contributed by atoms with van der Waals surface area (Å²) in [6, 6.07) is 0. The van der Waals surface area contributed by atoms with Crippen molar-refractivity contribution >= 4 is 5.78 Å². The van der Waals surface area contributed by atoms with Gasteiger partial charge in [-0.2, -0.15) is 0 Å². The Labute approximate surface area is 104 Å². The van der Waals surface area contributed by atoms with Crippen LogP contribution in [0, 0.1) is 17.8 Å². The first-order chi connectivity index (χ1) is 8.06. The maximum atomic E-state index is 11.9. The van der Waals surface area contributed by atoms with E-state index in [9.17, 15) is 9.90 Å². The van der Waals surface area contributed by atoms with Crippen molar-refractivity contribution < 1.29 is 9.90 Å². The average molecular weight is 239 g/mol. The first kappa shape index (κ1) is 13.0. The first-order valence-corrected chi connectivity index (χ1v) is 6.99. The standard InChI is InChI=1S/C14H25NO2/c1-10(2)11-3-4-14(17)12(7-11)8-15-6-5-13(16)9-15/h10-13,16H,3-9H2,1-2H3. The predicted octanol–water partition coefficient (Wildman–Crippen LogP) is 1.69. The average Bonchev–Trinajstić information content (AvgIpc) is 2.67. The van der Waals surface area contributed by atoms with Crippen LogP contribution in [0.1, 0.15) is 39.5 Å². The zero-order chi connectivity index (χ0) is 12.4. The Morgan fingerprint density at radius 2 is 2.18 bits per heavy atom. The van der Waals surface area contributed by atoms with Gasteiger partial charge in [0.15, 0.2) is 0 Å². The minimum atomic E-state index is -0.172. The largest absolute Gasteiger partial charge is 0.392 e. The Morgan fingerprint density at radius 3 is 2.76 bits per heavy atom. The summed E-state index contributed by atoms with van der Waals surface area (Å²) < 4.78 is 0. The molecule has 3 nitrogen and oxygen atoms in total. The van der Waals surface area contributed by atoms with Gasteiger partial charge in [-0.3, -0.25) is 9.69 Å². The van der Waals surface area contributed by atoms with Crippen LogP contribution in [0.25, 0.3) is 0 Å². The lowest BCUT2D eigenvalue weighted by Crippen LogP contribution is -2.37. The fraction of sp³-hybridized carbons (Fsp3) is 0.929. The van der Waals surface area contributed by atoms with Crippen LogP contribution in [-0.4, -0.2) is 41.5 Å². The van der Waals surface area contributed by atoms with Crippen molar-refractivity contribution in [2.24, 2.45) is 17.8 Å². The summed E-state index contributed by atoms with van der Waals surface area (Å²) in [7, 11) is 0. The maximum absolute atomic E-state index is 11.9. The molecule has 1 aliphatic carbocycles. The molecule has 1 N–H and O–H groups in total. The molecular weight excluding hydrogens is 214 g/mol. The van der Waals surface area contributed by atoms with Crippen molar-refractivity contribution in [2.75, 3.05) is 19.6 Å². The van der Waals surface area contributed by atoms with Crippen LogP contribution in [0.4, 0.5) is 0 Å². The van der Waals surface area contributed by atoms with Gasteiger partial charge in [-0.15, -0.1) is 0 Å². The van der Waals surface area contributed by atoms with Gasteiger partial charge in [0.25, 0.3) is 0 Å². The summed E-state index contributed by atoms with van der Waals surface area (Å²) in [4.78, 5) is 14.2. The van der Waals surface area contributed by atoms with Crippen molar-refractivity contribution in [1.29, 1.82) is 0 Å². The zero-order valence-electron chi connectivity index (χ0n) is 11.1. The molecular formula is C14H25NO2. The Bertz CT molecular complexity index is 277. The number of likely N-dealkylation sites (tertiary alicyclic amines) is 1.